The highest BCUT2D eigenvalue weighted by atomic mass is 32.2. The summed E-state index contributed by atoms with van der Waals surface area (Å²) in [7, 11) is -2.25. The fourth-order valence-electron chi connectivity index (χ4n) is 3.33. The number of fused-ring (bicyclic) bond motifs is 1. The number of carbonyl (C=O) groups excluding carboxylic acids is 2. The molecule has 6 nitrogen and oxygen atoms in total. The average Bonchev–Trinajstić information content (AvgIpc) is 2.79. The van der Waals surface area contributed by atoms with E-state index in [-0.39, 0.29) is 22.1 Å². The van der Waals surface area contributed by atoms with E-state index in [1.165, 1.54) is 25.2 Å². The molecule has 2 aliphatic heterocycles. The molecule has 0 saturated carbocycles. The third-order valence-electron chi connectivity index (χ3n) is 4.71. The molecule has 7 heteroatoms. The maximum Gasteiger partial charge on any atom is 0.261 e. The number of imide groups is 1. The Bertz CT molecular complexity index is 772. The van der Waals surface area contributed by atoms with E-state index in [2.05, 4.69) is 0 Å². The van der Waals surface area contributed by atoms with E-state index in [1.54, 1.807) is 4.31 Å². The number of rotatable bonds is 3. The topological polar surface area (TPSA) is 74.8 Å². The van der Waals surface area contributed by atoms with Crippen molar-refractivity contribution in [3.8, 4) is 0 Å². The third-order valence-corrected chi connectivity index (χ3v) is 6.66. The van der Waals surface area contributed by atoms with Crippen molar-refractivity contribution in [3.63, 3.8) is 0 Å². The number of amides is 2. The van der Waals surface area contributed by atoms with Crippen LogP contribution in [0, 0.1) is 0 Å². The molecule has 2 amide bonds. The van der Waals surface area contributed by atoms with Crippen molar-refractivity contribution in [3.05, 3.63) is 29.3 Å². The third kappa shape index (κ3) is 2.48. The Morgan fingerprint density at radius 3 is 2.52 bits per heavy atom. The Morgan fingerprint density at radius 1 is 1.13 bits per heavy atom. The predicted molar refractivity (Wildman–Crippen MR) is 84.7 cm³/mol. The summed E-state index contributed by atoms with van der Waals surface area (Å²) in [5.41, 5.74) is 0.436. The van der Waals surface area contributed by atoms with Crippen LogP contribution in [0.2, 0.25) is 0 Å². The van der Waals surface area contributed by atoms with Crippen LogP contribution in [-0.4, -0.2) is 49.1 Å². The first kappa shape index (κ1) is 16.1. The van der Waals surface area contributed by atoms with Crippen LogP contribution in [0.4, 0.5) is 0 Å². The molecule has 3 rings (SSSR count). The lowest BCUT2D eigenvalue weighted by Crippen LogP contribution is -2.43. The number of carbonyl (C=O) groups is 2. The van der Waals surface area contributed by atoms with Gasteiger partial charge in [-0.3, -0.25) is 14.5 Å². The van der Waals surface area contributed by atoms with Crippen molar-refractivity contribution in [2.24, 2.45) is 0 Å². The highest BCUT2D eigenvalue weighted by Gasteiger charge is 2.37. The number of piperidine rings is 1. The lowest BCUT2D eigenvalue weighted by molar-refractivity contribution is 0.0693. The molecule has 1 atom stereocenters. The molecule has 1 fully saturated rings. The van der Waals surface area contributed by atoms with E-state index < -0.39 is 21.8 Å². The summed E-state index contributed by atoms with van der Waals surface area (Å²) in [6.07, 6.45) is 3.51. The van der Waals surface area contributed by atoms with Crippen LogP contribution >= 0.6 is 0 Å². The van der Waals surface area contributed by atoms with E-state index in [1.807, 2.05) is 6.92 Å². The number of hydrogen-bond acceptors (Lipinski definition) is 4. The zero-order valence-corrected chi connectivity index (χ0v) is 14.1. The minimum absolute atomic E-state index is 0.00186. The van der Waals surface area contributed by atoms with E-state index in [0.717, 1.165) is 30.6 Å². The highest BCUT2D eigenvalue weighted by Crippen LogP contribution is 2.30. The van der Waals surface area contributed by atoms with Gasteiger partial charge in [0.1, 0.15) is 0 Å². The summed E-state index contributed by atoms with van der Waals surface area (Å²) >= 11 is 0. The molecular formula is C16H20N2O4S. The number of nitrogens with zero attached hydrogens (tertiary/aromatic N) is 2. The molecule has 0 spiro atoms. The van der Waals surface area contributed by atoms with Gasteiger partial charge in [0.05, 0.1) is 16.0 Å². The Labute approximate surface area is 136 Å². The summed E-state index contributed by atoms with van der Waals surface area (Å²) < 4.78 is 27.4. The van der Waals surface area contributed by atoms with Gasteiger partial charge in [0, 0.05) is 19.6 Å². The maximum absolute atomic E-state index is 12.9. The number of hydrogen-bond donors (Lipinski definition) is 0. The van der Waals surface area contributed by atoms with Crippen molar-refractivity contribution in [2.45, 2.75) is 43.5 Å². The van der Waals surface area contributed by atoms with E-state index in [9.17, 15) is 18.0 Å². The molecule has 124 valence electrons. The second kappa shape index (κ2) is 5.72. The minimum atomic E-state index is -3.65. The van der Waals surface area contributed by atoms with Crippen molar-refractivity contribution < 1.29 is 18.0 Å². The Balaban J connectivity index is 2.02. The smallest absolute Gasteiger partial charge is 0.261 e. The monoisotopic (exact) mass is 336 g/mol. The summed E-state index contributed by atoms with van der Waals surface area (Å²) in [4.78, 5) is 25.1. The van der Waals surface area contributed by atoms with Crippen LogP contribution in [-0.2, 0) is 10.0 Å². The van der Waals surface area contributed by atoms with Gasteiger partial charge in [-0.1, -0.05) is 13.3 Å². The second-order valence-electron chi connectivity index (χ2n) is 6.05. The fourth-order valence-corrected chi connectivity index (χ4v) is 5.13. The van der Waals surface area contributed by atoms with Crippen molar-refractivity contribution in [1.29, 1.82) is 0 Å². The quantitative estimate of drug-likeness (QED) is 0.790. The van der Waals surface area contributed by atoms with E-state index in [0.29, 0.717) is 6.54 Å². The first-order valence-corrected chi connectivity index (χ1v) is 9.30. The minimum Gasteiger partial charge on any atom is -0.277 e. The molecule has 1 aromatic carbocycles. The van der Waals surface area contributed by atoms with Crippen LogP contribution in [0.25, 0.3) is 0 Å². The van der Waals surface area contributed by atoms with Crippen molar-refractivity contribution in [2.75, 3.05) is 13.6 Å². The molecule has 1 saturated heterocycles. The molecule has 23 heavy (non-hydrogen) atoms. The fraction of sp³-hybridized carbons (Fsp3) is 0.500. The largest absolute Gasteiger partial charge is 0.277 e. The molecule has 0 aromatic heterocycles. The predicted octanol–water partition coefficient (Wildman–Crippen LogP) is 1.87. The van der Waals surface area contributed by atoms with Crippen LogP contribution in [0.5, 0.6) is 0 Å². The van der Waals surface area contributed by atoms with Gasteiger partial charge in [-0.15, -0.1) is 0 Å². The summed E-state index contributed by atoms with van der Waals surface area (Å²) in [5.74, 6) is -0.842. The molecule has 0 N–H and O–H groups in total. The van der Waals surface area contributed by atoms with Crippen molar-refractivity contribution >= 4 is 21.8 Å². The molecule has 0 radical (unpaired) electrons. The zero-order valence-electron chi connectivity index (χ0n) is 13.3. The Morgan fingerprint density at radius 2 is 1.83 bits per heavy atom. The standard InChI is InChI=1S/C16H20N2O4S/c1-3-11-6-4-5-9-18(11)23(21,22)12-7-8-13-14(10-12)16(20)17(2)15(13)19/h7-8,10-11H,3-6,9H2,1-2H3. The first-order chi connectivity index (χ1) is 10.9. The molecule has 1 aromatic rings. The van der Waals surface area contributed by atoms with Gasteiger partial charge in [-0.05, 0) is 37.5 Å². The van der Waals surface area contributed by atoms with Crippen LogP contribution < -0.4 is 0 Å². The zero-order chi connectivity index (χ0) is 16.8. The normalized spacial score (nSPS) is 22.5. The molecule has 1 unspecified atom stereocenters. The Hall–Kier alpha value is -1.73. The van der Waals surface area contributed by atoms with Crippen LogP contribution in [0.1, 0.15) is 53.3 Å². The van der Waals surface area contributed by atoms with Gasteiger partial charge in [0.2, 0.25) is 10.0 Å². The molecular weight excluding hydrogens is 316 g/mol. The number of sulfonamides is 1. The molecule has 2 aliphatic rings. The lowest BCUT2D eigenvalue weighted by Gasteiger charge is -2.34. The van der Waals surface area contributed by atoms with E-state index >= 15 is 0 Å². The maximum atomic E-state index is 12.9. The molecule has 0 bridgehead atoms. The highest BCUT2D eigenvalue weighted by molar-refractivity contribution is 7.89. The Kier molecular flexibility index (Phi) is 4.01. The average molecular weight is 336 g/mol. The first-order valence-electron chi connectivity index (χ1n) is 7.86. The van der Waals surface area contributed by atoms with Gasteiger partial charge < -0.3 is 0 Å². The number of benzene rings is 1. The van der Waals surface area contributed by atoms with E-state index in [4.69, 9.17) is 0 Å². The van der Waals surface area contributed by atoms with Gasteiger partial charge in [-0.2, -0.15) is 4.31 Å². The molecule has 0 aliphatic carbocycles. The van der Waals surface area contributed by atoms with Gasteiger partial charge >= 0.3 is 0 Å². The summed E-state index contributed by atoms with van der Waals surface area (Å²) in [5, 5.41) is 0. The van der Waals surface area contributed by atoms with Crippen molar-refractivity contribution in [1.82, 2.24) is 9.21 Å². The SMILES string of the molecule is CCC1CCCCN1S(=O)(=O)c1ccc2c(c1)C(=O)N(C)C2=O. The van der Waals surface area contributed by atoms with Crippen LogP contribution in [0.3, 0.4) is 0 Å². The summed E-state index contributed by atoms with van der Waals surface area (Å²) in [6, 6.07) is 4.22. The van der Waals surface area contributed by atoms with Crippen LogP contribution in [0.15, 0.2) is 23.1 Å². The van der Waals surface area contributed by atoms with Gasteiger partial charge in [-0.25, -0.2) is 8.42 Å². The lowest BCUT2D eigenvalue weighted by atomic mass is 10.0. The van der Waals surface area contributed by atoms with Gasteiger partial charge in [0.15, 0.2) is 0 Å². The summed E-state index contributed by atoms with van der Waals surface area (Å²) in [6.45, 7) is 2.49. The van der Waals surface area contributed by atoms with Gasteiger partial charge in [0.25, 0.3) is 11.8 Å². The molecule has 2 heterocycles. The second-order valence-corrected chi connectivity index (χ2v) is 7.94.